The van der Waals surface area contributed by atoms with E-state index in [-0.39, 0.29) is 16.2 Å². The molecular weight excluding hydrogens is 368 g/mol. The topological polar surface area (TPSA) is 60.7 Å². The average Bonchev–Trinajstić information content (AvgIpc) is 2.41. The van der Waals surface area contributed by atoms with Gasteiger partial charge >= 0.3 is 0 Å². The van der Waals surface area contributed by atoms with Crippen LogP contribution in [-0.4, -0.2) is 36.9 Å². The number of hydrogen-bond acceptors (Lipinski definition) is 3. The van der Waals surface area contributed by atoms with Gasteiger partial charge < -0.3 is 15.3 Å². The molecule has 1 aliphatic rings. The van der Waals surface area contributed by atoms with Crippen molar-refractivity contribution in [1.82, 2.24) is 0 Å². The molecule has 0 aromatic carbocycles. The lowest BCUT2D eigenvalue weighted by atomic mass is 9.57. The summed E-state index contributed by atoms with van der Waals surface area (Å²) in [6, 6.07) is 0. The third-order valence-electron chi connectivity index (χ3n) is 5.63. The molecule has 1 aliphatic carbocycles. The van der Waals surface area contributed by atoms with Crippen LogP contribution in [0.5, 0.6) is 0 Å². The molecule has 0 spiro atoms. The maximum Gasteiger partial charge on any atom is 0.0797 e. The molecule has 1 fully saturated rings. The summed E-state index contributed by atoms with van der Waals surface area (Å²) >= 11 is 3.83. The lowest BCUT2D eigenvalue weighted by Crippen LogP contribution is -2.53. The molecule has 1 rings (SSSR count). The summed E-state index contributed by atoms with van der Waals surface area (Å²) in [6.45, 7) is 13.1. The van der Waals surface area contributed by atoms with E-state index >= 15 is 0 Å². The average molecular weight is 403 g/mol. The molecule has 0 heterocycles. The fourth-order valence-corrected chi connectivity index (χ4v) is 4.64. The molecule has 0 aliphatic heterocycles. The number of allylic oxidation sites excluding steroid dienone is 1. The van der Waals surface area contributed by atoms with Crippen molar-refractivity contribution in [3.05, 3.63) is 24.8 Å². The van der Waals surface area contributed by atoms with Gasteiger partial charge in [-0.1, -0.05) is 41.1 Å². The van der Waals surface area contributed by atoms with Gasteiger partial charge in [0.1, 0.15) is 0 Å². The molecule has 3 nitrogen and oxygen atoms in total. The number of aliphatic hydroxyl groups is 3. The van der Waals surface area contributed by atoms with Gasteiger partial charge in [-0.05, 0) is 71.1 Å². The third-order valence-corrected chi connectivity index (χ3v) is 7.13. The number of hydrogen-bond donors (Lipinski definition) is 3. The largest absolute Gasteiger partial charge is 0.390 e. The Balaban J connectivity index is 3.04. The molecule has 0 saturated heterocycles. The molecular formula is C20H35BrO3. The summed E-state index contributed by atoms with van der Waals surface area (Å²) in [5.41, 5.74) is -2.67. The lowest BCUT2D eigenvalue weighted by molar-refractivity contribution is -0.0987. The van der Waals surface area contributed by atoms with Crippen molar-refractivity contribution in [1.29, 1.82) is 0 Å². The summed E-state index contributed by atoms with van der Waals surface area (Å²) in [7, 11) is 0. The van der Waals surface area contributed by atoms with Crippen LogP contribution in [0, 0.1) is 11.3 Å². The van der Waals surface area contributed by atoms with Crippen LogP contribution in [0.4, 0.5) is 0 Å². The van der Waals surface area contributed by atoms with Gasteiger partial charge in [0.2, 0.25) is 0 Å². The summed E-state index contributed by atoms with van der Waals surface area (Å²) in [5, 5.41) is 31.2. The van der Waals surface area contributed by atoms with Crippen LogP contribution >= 0.6 is 15.9 Å². The second kappa shape index (κ2) is 7.61. The summed E-state index contributed by atoms with van der Waals surface area (Å²) < 4.78 is 0. The maximum atomic E-state index is 11.0. The van der Waals surface area contributed by atoms with Crippen molar-refractivity contribution >= 4 is 15.9 Å². The van der Waals surface area contributed by atoms with E-state index in [1.165, 1.54) is 0 Å². The van der Waals surface area contributed by atoms with Crippen molar-refractivity contribution in [3.8, 4) is 0 Å². The van der Waals surface area contributed by atoms with Crippen molar-refractivity contribution < 1.29 is 15.3 Å². The minimum atomic E-state index is -0.917. The van der Waals surface area contributed by atoms with Crippen molar-refractivity contribution in [3.63, 3.8) is 0 Å². The van der Waals surface area contributed by atoms with Gasteiger partial charge in [-0.15, -0.1) is 6.58 Å². The maximum absolute atomic E-state index is 11.0. The first-order valence-corrected chi connectivity index (χ1v) is 9.78. The Morgan fingerprint density at radius 2 is 1.83 bits per heavy atom. The van der Waals surface area contributed by atoms with Crippen LogP contribution in [0.2, 0.25) is 0 Å². The van der Waals surface area contributed by atoms with Crippen LogP contribution in [0.1, 0.15) is 66.7 Å². The molecule has 3 N–H and O–H groups in total. The zero-order valence-electron chi connectivity index (χ0n) is 15.8. The van der Waals surface area contributed by atoms with Gasteiger partial charge in [-0.25, -0.2) is 0 Å². The van der Waals surface area contributed by atoms with Gasteiger partial charge in [-0.3, -0.25) is 0 Å². The summed E-state index contributed by atoms with van der Waals surface area (Å²) in [6.07, 6.45) is 9.13. The normalized spacial score (nSPS) is 37.4. The standard InChI is InChI=1S/C20H35BrO3/c1-7-18(4,23)13-9-15-19(5,12-8-11-17(2,3)22)16(21)10-14-20(15,6)24/h7-8,11,15-16,22-24H,1,9-10,12-14H2,2-6H3. The van der Waals surface area contributed by atoms with Gasteiger partial charge in [0.15, 0.2) is 0 Å². The van der Waals surface area contributed by atoms with E-state index in [2.05, 4.69) is 29.4 Å². The molecule has 0 radical (unpaired) electrons. The molecule has 4 heteroatoms. The monoisotopic (exact) mass is 402 g/mol. The Kier molecular flexibility index (Phi) is 6.94. The molecule has 140 valence electrons. The predicted molar refractivity (Wildman–Crippen MR) is 104 cm³/mol. The highest BCUT2D eigenvalue weighted by molar-refractivity contribution is 9.09. The molecule has 5 atom stereocenters. The quantitative estimate of drug-likeness (QED) is 0.438. The van der Waals surface area contributed by atoms with Crippen LogP contribution in [-0.2, 0) is 0 Å². The van der Waals surface area contributed by atoms with Crippen LogP contribution < -0.4 is 0 Å². The number of rotatable bonds is 7. The van der Waals surface area contributed by atoms with E-state index in [0.29, 0.717) is 6.42 Å². The van der Waals surface area contributed by atoms with E-state index in [4.69, 9.17) is 0 Å². The smallest absolute Gasteiger partial charge is 0.0797 e. The Bertz CT molecular complexity index is 462. The molecule has 0 aromatic rings. The van der Waals surface area contributed by atoms with Crippen LogP contribution in [0.25, 0.3) is 0 Å². The molecule has 0 amide bonds. The lowest BCUT2D eigenvalue weighted by Gasteiger charge is -2.53. The Morgan fingerprint density at radius 1 is 1.25 bits per heavy atom. The van der Waals surface area contributed by atoms with Gasteiger partial charge in [0.05, 0.1) is 16.8 Å². The van der Waals surface area contributed by atoms with E-state index in [0.717, 1.165) is 25.7 Å². The highest BCUT2D eigenvalue weighted by Crippen LogP contribution is 2.53. The SMILES string of the molecule is C=CC(C)(O)CCC1C(C)(O)CCC(Br)C1(C)CC=CC(C)(C)O. The van der Waals surface area contributed by atoms with E-state index in [9.17, 15) is 15.3 Å². The summed E-state index contributed by atoms with van der Waals surface area (Å²) in [4.78, 5) is 0.287. The number of halogens is 1. The van der Waals surface area contributed by atoms with E-state index < -0.39 is 16.8 Å². The minimum Gasteiger partial charge on any atom is -0.390 e. The first kappa shape index (κ1) is 21.9. The summed E-state index contributed by atoms with van der Waals surface area (Å²) in [5.74, 6) is 0.0426. The molecule has 1 saturated carbocycles. The highest BCUT2D eigenvalue weighted by atomic mass is 79.9. The van der Waals surface area contributed by atoms with E-state index in [1.807, 2.05) is 19.1 Å². The third kappa shape index (κ3) is 5.69. The van der Waals surface area contributed by atoms with Crippen LogP contribution in [0.3, 0.4) is 0 Å². The first-order chi connectivity index (χ1) is 10.7. The highest BCUT2D eigenvalue weighted by Gasteiger charge is 2.51. The van der Waals surface area contributed by atoms with Crippen molar-refractivity contribution in [2.24, 2.45) is 11.3 Å². The second-order valence-corrected chi connectivity index (χ2v) is 9.89. The zero-order valence-corrected chi connectivity index (χ0v) is 17.4. The van der Waals surface area contributed by atoms with Crippen molar-refractivity contribution in [2.45, 2.75) is 88.4 Å². The van der Waals surface area contributed by atoms with Crippen LogP contribution in [0.15, 0.2) is 24.8 Å². The first-order valence-electron chi connectivity index (χ1n) is 8.86. The minimum absolute atomic E-state index is 0.0426. The van der Waals surface area contributed by atoms with Gasteiger partial charge in [0, 0.05) is 4.83 Å². The Labute approximate surface area is 156 Å². The Hall–Kier alpha value is -0.160. The predicted octanol–water partition coefficient (Wildman–Crippen LogP) is 4.35. The molecule has 0 bridgehead atoms. The van der Waals surface area contributed by atoms with Gasteiger partial charge in [-0.2, -0.15) is 0 Å². The molecule has 24 heavy (non-hydrogen) atoms. The fraction of sp³-hybridized carbons (Fsp3) is 0.800. The molecule has 5 unspecified atom stereocenters. The molecule has 0 aromatic heterocycles. The number of alkyl halides is 1. The fourth-order valence-electron chi connectivity index (χ4n) is 3.90. The second-order valence-electron chi connectivity index (χ2n) is 8.78. The zero-order chi connectivity index (χ0) is 18.8. The Morgan fingerprint density at radius 3 is 2.33 bits per heavy atom. The van der Waals surface area contributed by atoms with E-state index in [1.54, 1.807) is 26.8 Å². The van der Waals surface area contributed by atoms with Crippen molar-refractivity contribution in [2.75, 3.05) is 0 Å². The van der Waals surface area contributed by atoms with Gasteiger partial charge in [0.25, 0.3) is 0 Å².